The van der Waals surface area contributed by atoms with Crippen LogP contribution in [0.1, 0.15) is 15.6 Å². The topological polar surface area (TPSA) is 58.4 Å². The summed E-state index contributed by atoms with van der Waals surface area (Å²) < 4.78 is 6.08. The van der Waals surface area contributed by atoms with Crippen LogP contribution in [0.3, 0.4) is 0 Å². The fourth-order valence-electron chi connectivity index (χ4n) is 2.30. The molecule has 8 heteroatoms. The zero-order valence-electron chi connectivity index (χ0n) is 13.9. The van der Waals surface area contributed by atoms with Crippen LogP contribution in [0.25, 0.3) is 10.6 Å². The molecule has 0 aliphatic rings. The Morgan fingerprint density at radius 1 is 1.36 bits per heavy atom. The van der Waals surface area contributed by atoms with Crippen molar-refractivity contribution >= 4 is 44.6 Å². The van der Waals surface area contributed by atoms with Crippen LogP contribution in [0.2, 0.25) is 0 Å². The standard InChI is InChI=1S/C17H18BrN3O2S2/c1-11-20-14(10-24-11)15-5-4-13(25-15)7-8-19-17(22)21(2)9-12-3-6-16(18)23-12/h3-6,10H,7-9H2,1-2H3,(H,19,22). The number of furan rings is 1. The number of rotatable bonds is 6. The molecular weight excluding hydrogens is 422 g/mol. The molecule has 0 unspecified atom stereocenters. The Balaban J connectivity index is 1.46. The van der Waals surface area contributed by atoms with Crippen molar-refractivity contribution in [3.63, 3.8) is 0 Å². The highest BCUT2D eigenvalue weighted by molar-refractivity contribution is 9.10. The van der Waals surface area contributed by atoms with Crippen molar-refractivity contribution in [2.24, 2.45) is 0 Å². The summed E-state index contributed by atoms with van der Waals surface area (Å²) in [4.78, 5) is 20.6. The highest BCUT2D eigenvalue weighted by Crippen LogP contribution is 2.29. The molecule has 0 saturated heterocycles. The first-order chi connectivity index (χ1) is 12.0. The lowest BCUT2D eigenvalue weighted by Crippen LogP contribution is -2.37. The highest BCUT2D eigenvalue weighted by atomic mass is 79.9. The van der Waals surface area contributed by atoms with E-state index in [0.29, 0.717) is 17.8 Å². The number of carbonyl (C=O) groups excluding carboxylic acids is 1. The van der Waals surface area contributed by atoms with Crippen molar-refractivity contribution < 1.29 is 9.21 Å². The molecule has 0 atom stereocenters. The van der Waals surface area contributed by atoms with Gasteiger partial charge in [-0.25, -0.2) is 9.78 Å². The summed E-state index contributed by atoms with van der Waals surface area (Å²) in [6, 6.07) is 7.75. The van der Waals surface area contributed by atoms with Crippen LogP contribution < -0.4 is 5.32 Å². The monoisotopic (exact) mass is 439 g/mol. The lowest BCUT2D eigenvalue weighted by molar-refractivity contribution is 0.203. The molecule has 25 heavy (non-hydrogen) atoms. The minimum Gasteiger partial charge on any atom is -0.452 e. The molecule has 3 rings (SSSR count). The van der Waals surface area contributed by atoms with E-state index in [1.54, 1.807) is 34.6 Å². The van der Waals surface area contributed by atoms with Crippen LogP contribution in [0, 0.1) is 6.92 Å². The van der Waals surface area contributed by atoms with E-state index in [0.717, 1.165) is 22.9 Å². The number of halogens is 1. The van der Waals surface area contributed by atoms with E-state index in [9.17, 15) is 4.79 Å². The molecule has 5 nitrogen and oxygen atoms in total. The summed E-state index contributed by atoms with van der Waals surface area (Å²) >= 11 is 6.64. The van der Waals surface area contributed by atoms with Crippen molar-refractivity contribution in [2.75, 3.05) is 13.6 Å². The molecule has 0 spiro atoms. The fraction of sp³-hybridized carbons (Fsp3) is 0.294. The Morgan fingerprint density at radius 2 is 2.20 bits per heavy atom. The number of carbonyl (C=O) groups is 1. The molecular formula is C17H18BrN3O2S2. The number of thiophene rings is 1. The third-order valence-corrected chi connectivity index (χ3v) is 5.92. The van der Waals surface area contributed by atoms with E-state index in [1.807, 2.05) is 19.1 Å². The minimum absolute atomic E-state index is 0.112. The van der Waals surface area contributed by atoms with Crippen molar-refractivity contribution in [2.45, 2.75) is 19.9 Å². The molecule has 0 aliphatic heterocycles. The zero-order valence-corrected chi connectivity index (χ0v) is 17.1. The number of aryl methyl sites for hydroxylation is 1. The molecule has 0 aromatic carbocycles. The van der Waals surface area contributed by atoms with Crippen molar-refractivity contribution in [1.82, 2.24) is 15.2 Å². The number of nitrogens with one attached hydrogen (secondary N) is 1. The number of hydrogen-bond donors (Lipinski definition) is 1. The summed E-state index contributed by atoms with van der Waals surface area (Å²) in [5.41, 5.74) is 1.03. The van der Waals surface area contributed by atoms with Gasteiger partial charge in [-0.3, -0.25) is 0 Å². The quantitative estimate of drug-likeness (QED) is 0.592. The minimum atomic E-state index is -0.112. The van der Waals surface area contributed by atoms with Crippen LogP contribution in [0.4, 0.5) is 4.79 Å². The molecule has 0 radical (unpaired) electrons. The Labute approximate surface area is 162 Å². The molecule has 0 fully saturated rings. The van der Waals surface area contributed by atoms with Gasteiger partial charge in [-0.05, 0) is 53.5 Å². The van der Waals surface area contributed by atoms with Gasteiger partial charge in [0, 0.05) is 23.8 Å². The smallest absolute Gasteiger partial charge is 0.317 e. The molecule has 3 aromatic heterocycles. The third kappa shape index (κ3) is 4.93. The SMILES string of the molecule is Cc1nc(-c2ccc(CCNC(=O)N(C)Cc3ccc(Br)o3)s2)cs1. The molecule has 3 aromatic rings. The Kier molecular flexibility index (Phi) is 5.93. The zero-order chi connectivity index (χ0) is 17.8. The van der Waals surface area contributed by atoms with E-state index in [2.05, 4.69) is 43.7 Å². The largest absolute Gasteiger partial charge is 0.452 e. The van der Waals surface area contributed by atoms with E-state index >= 15 is 0 Å². The van der Waals surface area contributed by atoms with Crippen LogP contribution in [0.15, 0.2) is 38.7 Å². The summed E-state index contributed by atoms with van der Waals surface area (Å²) in [5.74, 6) is 0.742. The molecule has 1 N–H and O–H groups in total. The van der Waals surface area contributed by atoms with Gasteiger partial charge in [0.2, 0.25) is 0 Å². The number of thiazole rings is 1. The van der Waals surface area contributed by atoms with Gasteiger partial charge in [0.25, 0.3) is 0 Å². The van der Waals surface area contributed by atoms with E-state index in [1.165, 1.54) is 9.75 Å². The summed E-state index contributed by atoms with van der Waals surface area (Å²) in [5, 5.41) is 6.09. The molecule has 3 heterocycles. The van der Waals surface area contributed by atoms with Gasteiger partial charge in [-0.2, -0.15) is 0 Å². The van der Waals surface area contributed by atoms with Crippen molar-refractivity contribution in [1.29, 1.82) is 0 Å². The molecule has 0 bridgehead atoms. The van der Waals surface area contributed by atoms with Crippen LogP contribution >= 0.6 is 38.6 Å². The summed E-state index contributed by atoms with van der Waals surface area (Å²) in [6.07, 6.45) is 0.805. The Hall–Kier alpha value is -1.64. The number of hydrogen-bond acceptors (Lipinski definition) is 5. The molecule has 0 aliphatic carbocycles. The predicted octanol–water partition coefficient (Wildman–Crippen LogP) is 4.92. The predicted molar refractivity (Wildman–Crippen MR) is 105 cm³/mol. The lowest BCUT2D eigenvalue weighted by Gasteiger charge is -2.16. The highest BCUT2D eigenvalue weighted by Gasteiger charge is 2.11. The van der Waals surface area contributed by atoms with Gasteiger partial charge in [0.1, 0.15) is 5.76 Å². The van der Waals surface area contributed by atoms with E-state index in [-0.39, 0.29) is 6.03 Å². The second kappa shape index (κ2) is 8.16. The molecule has 132 valence electrons. The fourth-order valence-corrected chi connectivity index (χ4v) is 4.29. The molecule has 0 saturated carbocycles. The van der Waals surface area contributed by atoms with E-state index in [4.69, 9.17) is 4.42 Å². The number of urea groups is 1. The van der Waals surface area contributed by atoms with Crippen molar-refractivity contribution in [3.8, 4) is 10.6 Å². The van der Waals surface area contributed by atoms with Crippen molar-refractivity contribution in [3.05, 3.63) is 50.0 Å². The van der Waals surface area contributed by atoms with Crippen LogP contribution in [0.5, 0.6) is 0 Å². The normalized spacial score (nSPS) is 10.8. The maximum atomic E-state index is 12.1. The Morgan fingerprint density at radius 3 is 2.88 bits per heavy atom. The van der Waals surface area contributed by atoms with Gasteiger partial charge in [0.15, 0.2) is 4.67 Å². The van der Waals surface area contributed by atoms with Crippen LogP contribution in [-0.4, -0.2) is 29.5 Å². The molecule has 2 amide bonds. The Bertz CT molecular complexity index is 856. The van der Waals surface area contributed by atoms with Gasteiger partial charge in [0.05, 0.1) is 22.1 Å². The second-order valence-corrected chi connectivity index (χ2v) is 8.57. The maximum absolute atomic E-state index is 12.1. The van der Waals surface area contributed by atoms with Gasteiger partial charge < -0.3 is 14.6 Å². The average Bonchev–Trinajstić information content (AvgIpc) is 3.29. The first kappa shape index (κ1) is 18.2. The van der Waals surface area contributed by atoms with Crippen LogP contribution in [-0.2, 0) is 13.0 Å². The van der Waals surface area contributed by atoms with Gasteiger partial charge in [-0.1, -0.05) is 0 Å². The third-order valence-electron chi connectivity index (χ3n) is 3.55. The summed E-state index contributed by atoms with van der Waals surface area (Å²) in [7, 11) is 1.75. The first-order valence-electron chi connectivity index (χ1n) is 7.75. The average molecular weight is 440 g/mol. The van der Waals surface area contributed by atoms with E-state index < -0.39 is 0 Å². The number of aromatic nitrogens is 1. The van der Waals surface area contributed by atoms with Gasteiger partial charge in [-0.15, -0.1) is 22.7 Å². The summed E-state index contributed by atoms with van der Waals surface area (Å²) in [6.45, 7) is 3.04. The number of amides is 2. The second-order valence-electron chi connectivity index (χ2n) is 5.56. The maximum Gasteiger partial charge on any atom is 0.317 e. The van der Waals surface area contributed by atoms with Gasteiger partial charge >= 0.3 is 6.03 Å². The lowest BCUT2D eigenvalue weighted by atomic mass is 10.3. The number of nitrogens with zero attached hydrogens (tertiary/aromatic N) is 2. The first-order valence-corrected chi connectivity index (χ1v) is 10.2.